The standard InChI is InChI=1S/C23H28Cl2N4O4/c1-14(15-9-16(24)11-17(25)10-15)27-18-5-6-19(20(12-18)29(31)32)21-13-26-7-8-28(21)22(30)33-23(2,3)4/h5-6,9-12,14,21,26-27H,7-8,13H2,1-4H3. The lowest BCUT2D eigenvalue weighted by Gasteiger charge is -2.37. The topological polar surface area (TPSA) is 96.7 Å². The first-order valence-corrected chi connectivity index (χ1v) is 11.4. The third-order valence-corrected chi connectivity index (χ3v) is 5.66. The van der Waals surface area contributed by atoms with E-state index in [4.69, 9.17) is 27.9 Å². The van der Waals surface area contributed by atoms with Crippen LogP contribution < -0.4 is 10.6 Å². The van der Waals surface area contributed by atoms with Gasteiger partial charge in [0.2, 0.25) is 0 Å². The summed E-state index contributed by atoms with van der Waals surface area (Å²) < 4.78 is 5.53. The average molecular weight is 495 g/mol. The van der Waals surface area contributed by atoms with Gasteiger partial charge in [-0.1, -0.05) is 23.2 Å². The molecule has 2 unspecified atom stereocenters. The minimum Gasteiger partial charge on any atom is -0.444 e. The maximum Gasteiger partial charge on any atom is 0.410 e. The van der Waals surface area contributed by atoms with Gasteiger partial charge in [-0.25, -0.2) is 4.79 Å². The summed E-state index contributed by atoms with van der Waals surface area (Å²) in [4.78, 5) is 25.9. The molecule has 178 valence electrons. The van der Waals surface area contributed by atoms with Crippen molar-refractivity contribution in [3.8, 4) is 0 Å². The van der Waals surface area contributed by atoms with Crippen molar-refractivity contribution < 1.29 is 14.5 Å². The molecule has 0 radical (unpaired) electrons. The fourth-order valence-electron chi connectivity index (χ4n) is 3.75. The molecular formula is C23H28Cl2N4O4. The summed E-state index contributed by atoms with van der Waals surface area (Å²) in [7, 11) is 0. The first-order valence-electron chi connectivity index (χ1n) is 10.7. The number of benzene rings is 2. The molecule has 2 atom stereocenters. The van der Waals surface area contributed by atoms with E-state index >= 15 is 0 Å². The Kier molecular flexibility index (Phi) is 7.72. The lowest BCUT2D eigenvalue weighted by molar-refractivity contribution is -0.385. The van der Waals surface area contributed by atoms with Gasteiger partial charge in [-0.2, -0.15) is 0 Å². The third kappa shape index (κ3) is 6.50. The van der Waals surface area contributed by atoms with Crippen molar-refractivity contribution in [2.45, 2.75) is 45.4 Å². The largest absolute Gasteiger partial charge is 0.444 e. The molecule has 0 bridgehead atoms. The molecule has 2 aromatic rings. The molecule has 1 aliphatic rings. The number of halogens is 2. The summed E-state index contributed by atoms with van der Waals surface area (Å²) >= 11 is 12.2. The molecule has 0 spiro atoms. The van der Waals surface area contributed by atoms with E-state index in [0.717, 1.165) is 5.56 Å². The zero-order valence-electron chi connectivity index (χ0n) is 19.0. The Hall–Kier alpha value is -2.55. The Morgan fingerprint density at radius 3 is 2.52 bits per heavy atom. The highest BCUT2D eigenvalue weighted by molar-refractivity contribution is 6.34. The molecule has 10 heteroatoms. The van der Waals surface area contributed by atoms with E-state index in [-0.39, 0.29) is 11.7 Å². The number of amides is 1. The second kappa shape index (κ2) is 10.2. The van der Waals surface area contributed by atoms with Crippen molar-refractivity contribution in [3.05, 3.63) is 67.7 Å². The van der Waals surface area contributed by atoms with E-state index < -0.39 is 22.7 Å². The first kappa shape index (κ1) is 25.1. The van der Waals surface area contributed by atoms with Gasteiger partial charge in [0.15, 0.2) is 0 Å². The summed E-state index contributed by atoms with van der Waals surface area (Å²) in [5.74, 6) is 0. The Morgan fingerprint density at radius 2 is 1.91 bits per heavy atom. The van der Waals surface area contributed by atoms with Gasteiger partial charge >= 0.3 is 6.09 Å². The molecule has 1 amide bonds. The fourth-order valence-corrected chi connectivity index (χ4v) is 4.30. The zero-order valence-corrected chi connectivity index (χ0v) is 20.5. The van der Waals surface area contributed by atoms with Gasteiger partial charge in [0.25, 0.3) is 5.69 Å². The molecule has 0 aliphatic carbocycles. The van der Waals surface area contributed by atoms with Gasteiger partial charge in [0, 0.05) is 47.5 Å². The Labute approximate surface area is 203 Å². The number of piperazine rings is 1. The number of hydrogen-bond acceptors (Lipinski definition) is 6. The lowest BCUT2D eigenvalue weighted by atomic mass is 10.0. The number of ether oxygens (including phenoxy) is 1. The van der Waals surface area contributed by atoms with Crippen molar-refractivity contribution in [2.24, 2.45) is 0 Å². The molecule has 8 nitrogen and oxygen atoms in total. The van der Waals surface area contributed by atoms with Crippen LogP contribution in [0.15, 0.2) is 36.4 Å². The van der Waals surface area contributed by atoms with E-state index in [1.807, 2.05) is 6.92 Å². The quantitative estimate of drug-likeness (QED) is 0.393. The minimum absolute atomic E-state index is 0.0708. The number of carbonyl (C=O) groups excluding carboxylic acids is 1. The van der Waals surface area contributed by atoms with Crippen LogP contribution >= 0.6 is 23.2 Å². The van der Waals surface area contributed by atoms with Crippen LogP contribution in [0, 0.1) is 10.1 Å². The van der Waals surface area contributed by atoms with Crippen LogP contribution in [-0.2, 0) is 4.74 Å². The van der Waals surface area contributed by atoms with Crippen LogP contribution in [0.4, 0.5) is 16.2 Å². The van der Waals surface area contributed by atoms with Crippen LogP contribution in [0.5, 0.6) is 0 Å². The second-order valence-electron chi connectivity index (χ2n) is 8.99. The summed E-state index contributed by atoms with van der Waals surface area (Å²) in [5.41, 5.74) is 1.14. The normalized spacial score (nSPS) is 17.4. The van der Waals surface area contributed by atoms with Crippen molar-refractivity contribution in [2.75, 3.05) is 25.0 Å². The molecule has 1 heterocycles. The highest BCUT2D eigenvalue weighted by Gasteiger charge is 2.35. The minimum atomic E-state index is -0.661. The predicted molar refractivity (Wildman–Crippen MR) is 130 cm³/mol. The number of nitro benzene ring substituents is 1. The second-order valence-corrected chi connectivity index (χ2v) is 9.87. The van der Waals surface area contributed by atoms with Crippen molar-refractivity contribution in [1.29, 1.82) is 0 Å². The van der Waals surface area contributed by atoms with E-state index in [1.54, 1.807) is 56.0 Å². The highest BCUT2D eigenvalue weighted by Crippen LogP contribution is 2.34. The number of hydrogen-bond donors (Lipinski definition) is 2. The number of carbonyl (C=O) groups is 1. The lowest BCUT2D eigenvalue weighted by Crippen LogP contribution is -2.50. The van der Waals surface area contributed by atoms with Gasteiger partial charge in [-0.05, 0) is 63.6 Å². The molecule has 0 saturated carbocycles. The van der Waals surface area contributed by atoms with Crippen LogP contribution in [0.1, 0.15) is 50.9 Å². The molecule has 33 heavy (non-hydrogen) atoms. The Morgan fingerprint density at radius 1 is 1.24 bits per heavy atom. The molecule has 0 aromatic heterocycles. The van der Waals surface area contributed by atoms with Gasteiger partial charge in [-0.3, -0.25) is 15.0 Å². The number of nitrogens with one attached hydrogen (secondary N) is 2. The summed E-state index contributed by atoms with van der Waals surface area (Å²) in [6.07, 6.45) is -0.489. The number of anilines is 1. The molecule has 1 saturated heterocycles. The average Bonchev–Trinajstić information content (AvgIpc) is 2.71. The van der Waals surface area contributed by atoms with E-state index in [0.29, 0.717) is 40.9 Å². The monoisotopic (exact) mass is 494 g/mol. The van der Waals surface area contributed by atoms with Gasteiger partial charge < -0.3 is 15.4 Å². The summed E-state index contributed by atoms with van der Waals surface area (Å²) in [6, 6.07) is 9.46. The number of rotatable bonds is 5. The van der Waals surface area contributed by atoms with E-state index in [9.17, 15) is 14.9 Å². The van der Waals surface area contributed by atoms with Crippen LogP contribution in [0.3, 0.4) is 0 Å². The maximum atomic E-state index is 12.8. The van der Waals surface area contributed by atoms with Crippen molar-refractivity contribution in [3.63, 3.8) is 0 Å². The van der Waals surface area contributed by atoms with Crippen LogP contribution in [0.2, 0.25) is 10.0 Å². The van der Waals surface area contributed by atoms with E-state index in [1.165, 1.54) is 6.07 Å². The van der Waals surface area contributed by atoms with Crippen molar-refractivity contribution >= 4 is 40.7 Å². The number of nitrogens with zero attached hydrogens (tertiary/aromatic N) is 2. The fraction of sp³-hybridized carbons (Fsp3) is 0.435. The van der Waals surface area contributed by atoms with Crippen LogP contribution in [0.25, 0.3) is 0 Å². The molecule has 1 aliphatic heterocycles. The molecular weight excluding hydrogens is 467 g/mol. The SMILES string of the molecule is CC(Nc1ccc(C2CNCCN2C(=O)OC(C)(C)C)c([N+](=O)[O-])c1)c1cc(Cl)cc(Cl)c1. The van der Waals surface area contributed by atoms with Crippen LogP contribution in [-0.4, -0.2) is 41.2 Å². The predicted octanol–water partition coefficient (Wildman–Crippen LogP) is 5.96. The van der Waals surface area contributed by atoms with Gasteiger partial charge in [0.05, 0.1) is 16.5 Å². The Bertz CT molecular complexity index is 1020. The maximum absolute atomic E-state index is 12.8. The summed E-state index contributed by atoms with van der Waals surface area (Å²) in [6.45, 7) is 8.66. The summed E-state index contributed by atoms with van der Waals surface area (Å²) in [5, 5.41) is 19.5. The Balaban J connectivity index is 1.88. The van der Waals surface area contributed by atoms with Crippen molar-refractivity contribution in [1.82, 2.24) is 10.2 Å². The molecule has 2 aromatic carbocycles. The molecule has 2 N–H and O–H groups in total. The zero-order chi connectivity index (χ0) is 24.3. The van der Waals surface area contributed by atoms with Gasteiger partial charge in [0.1, 0.15) is 5.60 Å². The molecule has 3 rings (SSSR count). The molecule has 1 fully saturated rings. The van der Waals surface area contributed by atoms with Gasteiger partial charge in [-0.15, -0.1) is 0 Å². The first-order chi connectivity index (χ1) is 15.4. The third-order valence-electron chi connectivity index (χ3n) is 5.23. The van der Waals surface area contributed by atoms with E-state index in [2.05, 4.69) is 10.6 Å². The smallest absolute Gasteiger partial charge is 0.410 e. The number of nitro groups is 1. The highest BCUT2D eigenvalue weighted by atomic mass is 35.5.